The Labute approximate surface area is 71.5 Å². The van der Waals surface area contributed by atoms with E-state index in [1.54, 1.807) is 18.6 Å². The summed E-state index contributed by atoms with van der Waals surface area (Å²) in [4.78, 5) is 3.97. The van der Waals surface area contributed by atoms with E-state index in [-0.39, 0.29) is 0 Å². The van der Waals surface area contributed by atoms with Gasteiger partial charge in [-0.1, -0.05) is 12.2 Å². The van der Waals surface area contributed by atoms with Gasteiger partial charge >= 0.3 is 0 Å². The number of nitrogens with zero attached hydrogens (tertiary/aromatic N) is 2. The number of aromatic amines is 1. The minimum Gasteiger partial charge on any atom is -0.285 e. The van der Waals surface area contributed by atoms with Crippen molar-refractivity contribution in [2.75, 3.05) is 0 Å². The highest BCUT2D eigenvalue weighted by Crippen LogP contribution is 1.94. The molecule has 0 aliphatic heterocycles. The number of aromatic nitrogens is 2. The number of rotatable bonds is 3. The van der Waals surface area contributed by atoms with Crippen LogP contribution in [0.15, 0.2) is 35.7 Å². The molecule has 1 rings (SSSR count). The third-order valence-corrected chi connectivity index (χ3v) is 1.22. The SMILES string of the molecule is C\C=C/N=C\C=C\c1cn[nH]c1. The molecule has 12 heavy (non-hydrogen) atoms. The summed E-state index contributed by atoms with van der Waals surface area (Å²) in [6, 6.07) is 0. The summed E-state index contributed by atoms with van der Waals surface area (Å²) in [6.45, 7) is 1.93. The molecular weight excluding hydrogens is 150 g/mol. The van der Waals surface area contributed by atoms with Crippen molar-refractivity contribution in [3.63, 3.8) is 0 Å². The lowest BCUT2D eigenvalue weighted by atomic mass is 10.3. The van der Waals surface area contributed by atoms with Gasteiger partial charge in [0, 0.05) is 24.2 Å². The van der Waals surface area contributed by atoms with Gasteiger partial charge in [0.1, 0.15) is 0 Å². The van der Waals surface area contributed by atoms with E-state index in [9.17, 15) is 0 Å². The lowest BCUT2D eigenvalue weighted by molar-refractivity contribution is 1.09. The van der Waals surface area contributed by atoms with Crippen LogP contribution in [-0.4, -0.2) is 16.4 Å². The van der Waals surface area contributed by atoms with E-state index >= 15 is 0 Å². The molecule has 0 aromatic carbocycles. The number of nitrogens with one attached hydrogen (secondary N) is 1. The highest BCUT2D eigenvalue weighted by Gasteiger charge is 1.81. The zero-order valence-electron chi connectivity index (χ0n) is 6.94. The van der Waals surface area contributed by atoms with Gasteiger partial charge in [-0.3, -0.25) is 10.1 Å². The average Bonchev–Trinajstić information content (AvgIpc) is 2.57. The summed E-state index contributed by atoms with van der Waals surface area (Å²) in [5.74, 6) is 0. The fraction of sp³-hybridized carbons (Fsp3) is 0.111. The van der Waals surface area contributed by atoms with Crippen LogP contribution in [0.3, 0.4) is 0 Å². The number of H-pyrrole nitrogens is 1. The van der Waals surface area contributed by atoms with Crippen LogP contribution < -0.4 is 0 Å². The Morgan fingerprint density at radius 2 is 2.50 bits per heavy atom. The van der Waals surface area contributed by atoms with E-state index in [0.29, 0.717) is 0 Å². The summed E-state index contributed by atoms with van der Waals surface area (Å²) < 4.78 is 0. The summed E-state index contributed by atoms with van der Waals surface area (Å²) in [5, 5.41) is 6.52. The van der Waals surface area contributed by atoms with Gasteiger partial charge in [0.15, 0.2) is 0 Å². The summed E-state index contributed by atoms with van der Waals surface area (Å²) in [6.07, 6.45) is 12.7. The minimum atomic E-state index is 1.04. The molecule has 0 aliphatic rings. The van der Waals surface area contributed by atoms with Crippen LogP contribution in [0.2, 0.25) is 0 Å². The zero-order valence-corrected chi connectivity index (χ0v) is 6.94. The van der Waals surface area contributed by atoms with Crippen molar-refractivity contribution < 1.29 is 0 Å². The molecule has 0 atom stereocenters. The average molecular weight is 161 g/mol. The van der Waals surface area contributed by atoms with E-state index in [4.69, 9.17) is 0 Å². The van der Waals surface area contributed by atoms with Crippen LogP contribution in [0.4, 0.5) is 0 Å². The van der Waals surface area contributed by atoms with Gasteiger partial charge in [-0.2, -0.15) is 5.10 Å². The molecule has 3 heteroatoms. The van der Waals surface area contributed by atoms with Crippen molar-refractivity contribution in [1.29, 1.82) is 0 Å². The van der Waals surface area contributed by atoms with E-state index in [1.807, 2.05) is 31.3 Å². The minimum absolute atomic E-state index is 1.04. The molecule has 1 aromatic rings. The van der Waals surface area contributed by atoms with E-state index in [0.717, 1.165) is 5.56 Å². The van der Waals surface area contributed by atoms with Crippen LogP contribution >= 0.6 is 0 Å². The lowest BCUT2D eigenvalue weighted by Gasteiger charge is -1.76. The molecule has 0 radical (unpaired) electrons. The van der Waals surface area contributed by atoms with Gasteiger partial charge in [-0.25, -0.2) is 0 Å². The zero-order chi connectivity index (χ0) is 8.65. The highest BCUT2D eigenvalue weighted by molar-refractivity contribution is 5.78. The second-order valence-corrected chi connectivity index (χ2v) is 2.17. The van der Waals surface area contributed by atoms with Gasteiger partial charge < -0.3 is 0 Å². The lowest BCUT2D eigenvalue weighted by Crippen LogP contribution is -1.63. The van der Waals surface area contributed by atoms with Crippen molar-refractivity contribution in [3.05, 3.63) is 36.3 Å². The van der Waals surface area contributed by atoms with Crippen molar-refractivity contribution in [3.8, 4) is 0 Å². The molecule has 1 aromatic heterocycles. The highest BCUT2D eigenvalue weighted by atomic mass is 15.1. The monoisotopic (exact) mass is 161 g/mol. The topological polar surface area (TPSA) is 41.0 Å². The first kappa shape index (κ1) is 8.46. The predicted molar refractivity (Wildman–Crippen MR) is 50.9 cm³/mol. The van der Waals surface area contributed by atoms with Crippen molar-refractivity contribution >= 4 is 12.3 Å². The molecule has 0 spiro atoms. The molecule has 0 saturated carbocycles. The number of hydrogen-bond acceptors (Lipinski definition) is 2. The molecule has 0 bridgehead atoms. The maximum atomic E-state index is 3.97. The third-order valence-electron chi connectivity index (χ3n) is 1.22. The molecule has 62 valence electrons. The maximum Gasteiger partial charge on any atom is 0.0559 e. The Morgan fingerprint density at radius 1 is 1.58 bits per heavy atom. The van der Waals surface area contributed by atoms with Crippen LogP contribution in [0, 0.1) is 0 Å². The summed E-state index contributed by atoms with van der Waals surface area (Å²) in [7, 11) is 0. The number of aliphatic imine (C=N–C) groups is 1. The molecule has 0 fully saturated rings. The smallest absolute Gasteiger partial charge is 0.0559 e. The fourth-order valence-electron chi connectivity index (χ4n) is 0.692. The second-order valence-electron chi connectivity index (χ2n) is 2.17. The molecule has 0 amide bonds. The van der Waals surface area contributed by atoms with Gasteiger partial charge in [0.25, 0.3) is 0 Å². The van der Waals surface area contributed by atoms with Gasteiger partial charge in [-0.05, 0) is 13.0 Å². The van der Waals surface area contributed by atoms with Gasteiger partial charge in [-0.15, -0.1) is 0 Å². The van der Waals surface area contributed by atoms with E-state index in [1.165, 1.54) is 0 Å². The Balaban J connectivity index is 2.41. The quantitative estimate of drug-likeness (QED) is 0.677. The Hall–Kier alpha value is -1.64. The first-order valence-corrected chi connectivity index (χ1v) is 3.73. The summed E-state index contributed by atoms with van der Waals surface area (Å²) in [5.41, 5.74) is 1.04. The molecule has 1 N–H and O–H groups in total. The van der Waals surface area contributed by atoms with Crippen molar-refractivity contribution in [2.45, 2.75) is 6.92 Å². The molecule has 3 nitrogen and oxygen atoms in total. The van der Waals surface area contributed by atoms with Crippen LogP contribution in [0.5, 0.6) is 0 Å². The standard InChI is InChI=1S/C9H11N3/c1-2-5-10-6-3-4-9-7-11-12-8-9/h2-8H,1H3,(H,11,12)/b4-3+,5-2-,10-6-. The van der Waals surface area contributed by atoms with Crippen LogP contribution in [0.25, 0.3) is 6.08 Å². The molecular formula is C9H11N3. The Kier molecular flexibility index (Phi) is 3.57. The van der Waals surface area contributed by atoms with Crippen LogP contribution in [-0.2, 0) is 0 Å². The fourth-order valence-corrected chi connectivity index (χ4v) is 0.692. The Morgan fingerprint density at radius 3 is 3.17 bits per heavy atom. The second kappa shape index (κ2) is 5.07. The third kappa shape index (κ3) is 2.96. The summed E-state index contributed by atoms with van der Waals surface area (Å²) >= 11 is 0. The number of allylic oxidation sites excluding steroid dienone is 2. The van der Waals surface area contributed by atoms with Crippen molar-refractivity contribution in [1.82, 2.24) is 10.2 Å². The first-order valence-electron chi connectivity index (χ1n) is 3.73. The normalized spacial score (nSPS) is 12.4. The molecule has 1 heterocycles. The largest absolute Gasteiger partial charge is 0.285 e. The Bertz CT molecular complexity index is 281. The first-order chi connectivity index (χ1) is 5.93. The maximum absolute atomic E-state index is 3.97. The van der Waals surface area contributed by atoms with E-state index in [2.05, 4.69) is 15.2 Å². The molecule has 0 unspecified atom stereocenters. The van der Waals surface area contributed by atoms with E-state index < -0.39 is 0 Å². The predicted octanol–water partition coefficient (Wildman–Crippen LogP) is 2.03. The molecule has 0 saturated heterocycles. The van der Waals surface area contributed by atoms with Gasteiger partial charge in [0.05, 0.1) is 6.20 Å². The molecule has 0 aliphatic carbocycles. The van der Waals surface area contributed by atoms with Crippen LogP contribution in [0.1, 0.15) is 12.5 Å². The number of hydrogen-bond donors (Lipinski definition) is 1. The van der Waals surface area contributed by atoms with Gasteiger partial charge in [0.2, 0.25) is 0 Å². The van der Waals surface area contributed by atoms with Crippen molar-refractivity contribution in [2.24, 2.45) is 4.99 Å².